The zero-order chi connectivity index (χ0) is 7.40. The second-order valence-corrected chi connectivity index (χ2v) is 3.10. The third-order valence-electron chi connectivity index (χ3n) is 1.96. The molecule has 0 aliphatic heterocycles. The molecule has 0 aromatic rings. The van der Waals surface area contributed by atoms with Crippen LogP contribution in [-0.2, 0) is 4.74 Å². The summed E-state index contributed by atoms with van der Waals surface area (Å²) in [6.45, 7) is 1.90. The van der Waals surface area contributed by atoms with Crippen LogP contribution < -0.4 is 5.73 Å². The monoisotopic (exact) mass is 143 g/mol. The van der Waals surface area contributed by atoms with E-state index in [1.807, 2.05) is 6.92 Å². The van der Waals surface area contributed by atoms with Crippen LogP contribution in [0, 0.1) is 0 Å². The minimum atomic E-state index is -0.0805. The summed E-state index contributed by atoms with van der Waals surface area (Å²) < 4.78 is 5.47. The van der Waals surface area contributed by atoms with E-state index in [9.17, 15) is 0 Å². The molecule has 0 unspecified atom stereocenters. The van der Waals surface area contributed by atoms with Gasteiger partial charge in [-0.2, -0.15) is 0 Å². The minimum Gasteiger partial charge on any atom is -0.361 e. The Balaban J connectivity index is 2.13. The molecule has 1 aliphatic carbocycles. The van der Waals surface area contributed by atoms with Crippen molar-refractivity contribution in [3.05, 3.63) is 0 Å². The first-order valence-electron chi connectivity index (χ1n) is 4.20. The largest absolute Gasteiger partial charge is 0.361 e. The Morgan fingerprint density at radius 3 is 2.40 bits per heavy atom. The van der Waals surface area contributed by atoms with Crippen LogP contribution in [0.1, 0.15) is 39.0 Å². The van der Waals surface area contributed by atoms with Crippen LogP contribution in [0.25, 0.3) is 0 Å². The quantitative estimate of drug-likeness (QED) is 0.596. The van der Waals surface area contributed by atoms with E-state index in [1.165, 1.54) is 32.1 Å². The van der Waals surface area contributed by atoms with E-state index in [-0.39, 0.29) is 6.23 Å². The lowest BCUT2D eigenvalue weighted by molar-refractivity contribution is -0.0175. The van der Waals surface area contributed by atoms with Gasteiger partial charge in [-0.3, -0.25) is 0 Å². The third-order valence-corrected chi connectivity index (χ3v) is 1.96. The highest BCUT2D eigenvalue weighted by Crippen LogP contribution is 2.20. The molecule has 0 aromatic carbocycles. The topological polar surface area (TPSA) is 35.2 Å². The van der Waals surface area contributed by atoms with Crippen LogP contribution >= 0.6 is 0 Å². The zero-order valence-corrected chi connectivity index (χ0v) is 6.68. The smallest absolute Gasteiger partial charge is 0.103 e. The van der Waals surface area contributed by atoms with Crippen molar-refractivity contribution in [2.45, 2.75) is 51.4 Å². The summed E-state index contributed by atoms with van der Waals surface area (Å²) in [6, 6.07) is 0. The summed E-state index contributed by atoms with van der Waals surface area (Å²) in [5.74, 6) is 0. The molecular formula is C8H17NO. The maximum absolute atomic E-state index is 5.50. The van der Waals surface area contributed by atoms with Crippen LogP contribution in [0.15, 0.2) is 0 Å². The molecule has 1 aliphatic rings. The number of nitrogens with two attached hydrogens (primary N) is 1. The van der Waals surface area contributed by atoms with E-state index < -0.39 is 0 Å². The lowest BCUT2D eigenvalue weighted by atomic mass is 9.98. The maximum Gasteiger partial charge on any atom is 0.103 e. The van der Waals surface area contributed by atoms with E-state index in [0.29, 0.717) is 6.10 Å². The van der Waals surface area contributed by atoms with Gasteiger partial charge in [-0.1, -0.05) is 19.3 Å². The Hall–Kier alpha value is -0.0800. The van der Waals surface area contributed by atoms with E-state index in [1.54, 1.807) is 0 Å². The molecule has 0 amide bonds. The Bertz CT molecular complexity index is 87.3. The molecule has 2 N–H and O–H groups in total. The predicted octanol–water partition coefficient (Wildman–Crippen LogP) is 1.64. The van der Waals surface area contributed by atoms with Crippen molar-refractivity contribution >= 4 is 0 Å². The van der Waals surface area contributed by atoms with Crippen LogP contribution in [0.4, 0.5) is 0 Å². The summed E-state index contributed by atoms with van der Waals surface area (Å²) in [5.41, 5.74) is 5.50. The highest BCUT2D eigenvalue weighted by atomic mass is 16.5. The Labute approximate surface area is 62.7 Å². The van der Waals surface area contributed by atoms with Gasteiger partial charge < -0.3 is 10.5 Å². The fourth-order valence-corrected chi connectivity index (χ4v) is 1.50. The first kappa shape index (κ1) is 8.02. The van der Waals surface area contributed by atoms with Gasteiger partial charge in [0.05, 0.1) is 6.10 Å². The second-order valence-electron chi connectivity index (χ2n) is 3.10. The molecule has 2 nitrogen and oxygen atoms in total. The van der Waals surface area contributed by atoms with Gasteiger partial charge >= 0.3 is 0 Å². The number of hydrogen-bond donors (Lipinski definition) is 1. The van der Waals surface area contributed by atoms with Crippen molar-refractivity contribution in [1.29, 1.82) is 0 Å². The van der Waals surface area contributed by atoms with Crippen LogP contribution in [-0.4, -0.2) is 12.3 Å². The number of hydrogen-bond acceptors (Lipinski definition) is 2. The van der Waals surface area contributed by atoms with Gasteiger partial charge in [-0.25, -0.2) is 0 Å². The SMILES string of the molecule is C[C@H](N)OC1CCCCC1. The van der Waals surface area contributed by atoms with Gasteiger partial charge in [0, 0.05) is 0 Å². The maximum atomic E-state index is 5.50. The molecule has 0 radical (unpaired) electrons. The number of rotatable bonds is 2. The van der Waals surface area contributed by atoms with Crippen LogP contribution in [0.5, 0.6) is 0 Å². The van der Waals surface area contributed by atoms with Gasteiger partial charge in [0.2, 0.25) is 0 Å². The molecule has 1 rings (SSSR count). The van der Waals surface area contributed by atoms with Crippen molar-refractivity contribution < 1.29 is 4.74 Å². The third kappa shape index (κ3) is 2.67. The van der Waals surface area contributed by atoms with E-state index in [0.717, 1.165) is 0 Å². The normalized spacial score (nSPS) is 24.6. The molecule has 1 saturated carbocycles. The molecule has 0 aromatic heterocycles. The van der Waals surface area contributed by atoms with Crippen molar-refractivity contribution in [3.63, 3.8) is 0 Å². The average molecular weight is 143 g/mol. The summed E-state index contributed by atoms with van der Waals surface area (Å²) in [6.07, 6.45) is 6.80. The second kappa shape index (κ2) is 3.94. The van der Waals surface area contributed by atoms with Gasteiger partial charge in [-0.15, -0.1) is 0 Å². The van der Waals surface area contributed by atoms with E-state index in [2.05, 4.69) is 0 Å². The van der Waals surface area contributed by atoms with Crippen molar-refractivity contribution in [3.8, 4) is 0 Å². The lowest BCUT2D eigenvalue weighted by Gasteiger charge is -2.23. The summed E-state index contributed by atoms with van der Waals surface area (Å²) in [4.78, 5) is 0. The standard InChI is InChI=1S/C8H17NO/c1-7(9)10-8-5-3-2-4-6-8/h7-8H,2-6,9H2,1H3/t7-/m1/s1. The van der Waals surface area contributed by atoms with Gasteiger partial charge in [0.1, 0.15) is 6.23 Å². The van der Waals surface area contributed by atoms with Crippen molar-refractivity contribution in [1.82, 2.24) is 0 Å². The zero-order valence-electron chi connectivity index (χ0n) is 6.68. The summed E-state index contributed by atoms with van der Waals surface area (Å²) >= 11 is 0. The molecule has 60 valence electrons. The fourth-order valence-electron chi connectivity index (χ4n) is 1.50. The van der Waals surface area contributed by atoms with E-state index in [4.69, 9.17) is 10.5 Å². The van der Waals surface area contributed by atoms with Crippen molar-refractivity contribution in [2.75, 3.05) is 0 Å². The lowest BCUT2D eigenvalue weighted by Crippen LogP contribution is -2.27. The molecular weight excluding hydrogens is 126 g/mol. The Kier molecular flexibility index (Phi) is 3.16. The fraction of sp³-hybridized carbons (Fsp3) is 1.00. The predicted molar refractivity (Wildman–Crippen MR) is 41.6 cm³/mol. The van der Waals surface area contributed by atoms with Gasteiger partial charge in [0.15, 0.2) is 0 Å². The van der Waals surface area contributed by atoms with E-state index >= 15 is 0 Å². The molecule has 0 heterocycles. The summed E-state index contributed by atoms with van der Waals surface area (Å²) in [7, 11) is 0. The molecule has 1 atom stereocenters. The Morgan fingerprint density at radius 1 is 1.30 bits per heavy atom. The number of ether oxygens (including phenoxy) is 1. The first-order valence-corrected chi connectivity index (χ1v) is 4.20. The highest BCUT2D eigenvalue weighted by Gasteiger charge is 2.14. The molecule has 10 heavy (non-hydrogen) atoms. The first-order chi connectivity index (χ1) is 4.79. The Morgan fingerprint density at radius 2 is 1.90 bits per heavy atom. The van der Waals surface area contributed by atoms with Crippen LogP contribution in [0.3, 0.4) is 0 Å². The molecule has 0 bridgehead atoms. The summed E-state index contributed by atoms with van der Waals surface area (Å²) in [5, 5.41) is 0. The minimum absolute atomic E-state index is 0.0805. The molecule has 1 fully saturated rings. The molecule has 0 spiro atoms. The van der Waals surface area contributed by atoms with Crippen molar-refractivity contribution in [2.24, 2.45) is 5.73 Å². The highest BCUT2D eigenvalue weighted by molar-refractivity contribution is 4.65. The van der Waals surface area contributed by atoms with Gasteiger partial charge in [0.25, 0.3) is 0 Å². The average Bonchev–Trinajstić information content (AvgIpc) is 1.88. The molecule has 2 heteroatoms. The van der Waals surface area contributed by atoms with Crippen LogP contribution in [0.2, 0.25) is 0 Å². The van der Waals surface area contributed by atoms with Gasteiger partial charge in [-0.05, 0) is 19.8 Å². The molecule has 0 saturated heterocycles.